The summed E-state index contributed by atoms with van der Waals surface area (Å²) < 4.78 is 7.51. The molecular formula is C17H26N4O3. The number of aromatic nitrogens is 2. The Kier molecular flexibility index (Phi) is 4.62. The van der Waals surface area contributed by atoms with Gasteiger partial charge in [-0.05, 0) is 27.7 Å². The second-order valence-electron chi connectivity index (χ2n) is 7.18. The maximum absolute atomic E-state index is 12.8. The molecule has 2 fully saturated rings. The molecule has 2 aliphatic rings. The normalized spacial score (nSPS) is 28.0. The Hall–Kier alpha value is -1.89. The summed E-state index contributed by atoms with van der Waals surface area (Å²) in [5.41, 5.74) is 0.771. The molecule has 0 spiro atoms. The largest absolute Gasteiger partial charge is 0.372 e. The molecule has 3 rings (SSSR count). The van der Waals surface area contributed by atoms with E-state index in [0.717, 1.165) is 5.69 Å². The highest BCUT2D eigenvalue weighted by Gasteiger charge is 2.39. The van der Waals surface area contributed by atoms with E-state index in [4.69, 9.17) is 4.74 Å². The Morgan fingerprint density at radius 3 is 2.50 bits per heavy atom. The molecule has 132 valence electrons. The predicted molar refractivity (Wildman–Crippen MR) is 89.7 cm³/mol. The van der Waals surface area contributed by atoms with Crippen molar-refractivity contribution in [2.45, 2.75) is 52.4 Å². The van der Waals surface area contributed by atoms with E-state index in [1.165, 1.54) is 0 Å². The van der Waals surface area contributed by atoms with Crippen molar-refractivity contribution in [2.24, 2.45) is 5.92 Å². The summed E-state index contributed by atoms with van der Waals surface area (Å²) in [6.45, 7) is 9.65. The molecule has 3 heterocycles. The molecule has 0 N–H and O–H groups in total. The average Bonchev–Trinajstić information content (AvgIpc) is 3.11. The first kappa shape index (κ1) is 17.0. The van der Waals surface area contributed by atoms with E-state index in [1.807, 2.05) is 43.5 Å². The van der Waals surface area contributed by atoms with Crippen LogP contribution in [0.15, 0.2) is 12.4 Å². The summed E-state index contributed by atoms with van der Waals surface area (Å²) in [4.78, 5) is 28.7. The Bertz CT molecular complexity index is 617. The number of amides is 2. The lowest BCUT2D eigenvalue weighted by Gasteiger charge is -2.36. The summed E-state index contributed by atoms with van der Waals surface area (Å²) >= 11 is 0. The van der Waals surface area contributed by atoms with Crippen LogP contribution in [0.1, 0.15) is 40.2 Å². The van der Waals surface area contributed by atoms with Crippen LogP contribution in [-0.2, 0) is 14.3 Å². The summed E-state index contributed by atoms with van der Waals surface area (Å²) in [7, 11) is 0. The number of nitrogens with zero attached hydrogens (tertiary/aromatic N) is 4. The number of hydrogen-bond donors (Lipinski definition) is 0. The fraction of sp³-hybridized carbons (Fsp3) is 0.706. The van der Waals surface area contributed by atoms with Gasteiger partial charge >= 0.3 is 0 Å². The molecule has 1 aromatic heterocycles. The van der Waals surface area contributed by atoms with E-state index < -0.39 is 0 Å². The highest BCUT2D eigenvalue weighted by Crippen LogP contribution is 2.27. The van der Waals surface area contributed by atoms with Crippen molar-refractivity contribution in [1.82, 2.24) is 14.7 Å². The fourth-order valence-electron chi connectivity index (χ4n) is 3.49. The van der Waals surface area contributed by atoms with Gasteiger partial charge in [-0.15, -0.1) is 0 Å². The number of rotatable bonds is 3. The van der Waals surface area contributed by atoms with E-state index in [9.17, 15) is 9.59 Å². The number of carbonyl (C=O) groups is 2. The zero-order chi connectivity index (χ0) is 17.4. The minimum absolute atomic E-state index is 0.00832. The first-order valence-electron chi connectivity index (χ1n) is 8.64. The third-order valence-corrected chi connectivity index (χ3v) is 4.63. The number of hydrogen-bond acceptors (Lipinski definition) is 4. The Morgan fingerprint density at radius 1 is 1.25 bits per heavy atom. The van der Waals surface area contributed by atoms with Crippen molar-refractivity contribution in [3.05, 3.63) is 12.4 Å². The lowest BCUT2D eigenvalue weighted by atomic mass is 10.1. The van der Waals surface area contributed by atoms with Gasteiger partial charge in [0, 0.05) is 38.3 Å². The molecule has 2 aliphatic heterocycles. The molecule has 7 nitrogen and oxygen atoms in total. The molecule has 0 saturated carbocycles. The Labute approximate surface area is 142 Å². The highest BCUT2D eigenvalue weighted by molar-refractivity contribution is 6.00. The van der Waals surface area contributed by atoms with Gasteiger partial charge in [-0.3, -0.25) is 14.3 Å². The molecule has 0 aliphatic carbocycles. The lowest BCUT2D eigenvalue weighted by Crippen LogP contribution is -2.50. The minimum atomic E-state index is -0.280. The van der Waals surface area contributed by atoms with Gasteiger partial charge < -0.3 is 14.5 Å². The fourth-order valence-corrected chi connectivity index (χ4v) is 3.49. The smallest absolute Gasteiger partial charge is 0.228 e. The van der Waals surface area contributed by atoms with Crippen molar-refractivity contribution >= 4 is 17.5 Å². The van der Waals surface area contributed by atoms with E-state index in [2.05, 4.69) is 5.10 Å². The van der Waals surface area contributed by atoms with Crippen LogP contribution in [0.2, 0.25) is 0 Å². The predicted octanol–water partition coefficient (Wildman–Crippen LogP) is 1.45. The summed E-state index contributed by atoms with van der Waals surface area (Å²) in [6.07, 6.45) is 3.91. The standard InChI is InChI=1S/C17H26N4O3/c1-11(2)21-10-15(6-18-21)20-9-14(5-16(20)22)17(23)19-7-12(3)24-13(4)8-19/h6,10-14H,5,7-9H2,1-4H3/t12-,13+,14-/m1/s1. The van der Waals surface area contributed by atoms with Gasteiger partial charge in [-0.2, -0.15) is 5.10 Å². The maximum Gasteiger partial charge on any atom is 0.228 e. The SMILES string of the molecule is CC(C)n1cc(N2C[C@H](C(=O)N3C[C@@H](C)O[C@@H](C)C3)CC2=O)cn1. The van der Waals surface area contributed by atoms with Crippen LogP contribution in [0.5, 0.6) is 0 Å². The Morgan fingerprint density at radius 2 is 1.92 bits per heavy atom. The molecule has 2 saturated heterocycles. The van der Waals surface area contributed by atoms with Crippen molar-refractivity contribution in [2.75, 3.05) is 24.5 Å². The van der Waals surface area contributed by atoms with Crippen LogP contribution < -0.4 is 4.90 Å². The first-order valence-corrected chi connectivity index (χ1v) is 8.64. The van der Waals surface area contributed by atoms with Crippen molar-refractivity contribution in [1.29, 1.82) is 0 Å². The molecule has 0 aromatic carbocycles. The molecule has 3 atom stereocenters. The van der Waals surface area contributed by atoms with Gasteiger partial charge in [0.1, 0.15) is 0 Å². The number of ether oxygens (including phenoxy) is 1. The topological polar surface area (TPSA) is 67.7 Å². The molecule has 0 radical (unpaired) electrons. The van der Waals surface area contributed by atoms with Gasteiger partial charge in [0.15, 0.2) is 0 Å². The molecule has 0 bridgehead atoms. The lowest BCUT2D eigenvalue weighted by molar-refractivity contribution is -0.147. The molecule has 0 unspecified atom stereocenters. The van der Waals surface area contributed by atoms with E-state index >= 15 is 0 Å². The zero-order valence-electron chi connectivity index (χ0n) is 14.8. The summed E-state index contributed by atoms with van der Waals surface area (Å²) in [5, 5.41) is 4.29. The van der Waals surface area contributed by atoms with E-state index in [-0.39, 0.29) is 42.4 Å². The zero-order valence-corrected chi connectivity index (χ0v) is 14.8. The van der Waals surface area contributed by atoms with Crippen LogP contribution in [0.25, 0.3) is 0 Å². The van der Waals surface area contributed by atoms with Crippen molar-refractivity contribution in [3.8, 4) is 0 Å². The van der Waals surface area contributed by atoms with Crippen LogP contribution in [0, 0.1) is 5.92 Å². The molecular weight excluding hydrogens is 308 g/mol. The molecule has 1 aromatic rings. The number of carbonyl (C=O) groups excluding carboxylic acids is 2. The monoisotopic (exact) mass is 334 g/mol. The van der Waals surface area contributed by atoms with Crippen LogP contribution >= 0.6 is 0 Å². The summed E-state index contributed by atoms with van der Waals surface area (Å²) in [5.74, 6) is -0.229. The molecule has 2 amide bonds. The third-order valence-electron chi connectivity index (χ3n) is 4.63. The Balaban J connectivity index is 1.68. The van der Waals surface area contributed by atoms with E-state index in [1.54, 1.807) is 11.1 Å². The second-order valence-corrected chi connectivity index (χ2v) is 7.18. The van der Waals surface area contributed by atoms with E-state index in [0.29, 0.717) is 19.6 Å². The van der Waals surface area contributed by atoms with Gasteiger partial charge in [0.2, 0.25) is 11.8 Å². The quantitative estimate of drug-likeness (QED) is 0.839. The third kappa shape index (κ3) is 3.31. The maximum atomic E-state index is 12.8. The first-order chi connectivity index (χ1) is 11.3. The highest BCUT2D eigenvalue weighted by atomic mass is 16.5. The second kappa shape index (κ2) is 6.55. The summed E-state index contributed by atoms with van der Waals surface area (Å²) in [6, 6.07) is 0.241. The number of morpholine rings is 1. The van der Waals surface area contributed by atoms with Crippen molar-refractivity contribution in [3.63, 3.8) is 0 Å². The van der Waals surface area contributed by atoms with Gasteiger partial charge in [0.25, 0.3) is 0 Å². The van der Waals surface area contributed by atoms with Gasteiger partial charge in [-0.1, -0.05) is 0 Å². The van der Waals surface area contributed by atoms with Crippen LogP contribution in [-0.4, -0.2) is 58.3 Å². The average molecular weight is 334 g/mol. The number of anilines is 1. The molecule has 24 heavy (non-hydrogen) atoms. The van der Waals surface area contributed by atoms with Crippen LogP contribution in [0.3, 0.4) is 0 Å². The molecule has 7 heteroatoms. The minimum Gasteiger partial charge on any atom is -0.372 e. The van der Waals surface area contributed by atoms with Gasteiger partial charge in [0.05, 0.1) is 30.0 Å². The van der Waals surface area contributed by atoms with Crippen molar-refractivity contribution < 1.29 is 14.3 Å². The van der Waals surface area contributed by atoms with Gasteiger partial charge in [-0.25, -0.2) is 0 Å². The van der Waals surface area contributed by atoms with Crippen LogP contribution in [0.4, 0.5) is 5.69 Å².